The normalized spacial score (nSPS) is 28.1. The van der Waals surface area contributed by atoms with Gasteiger partial charge in [-0.3, -0.25) is 4.79 Å². The Kier molecular flexibility index (Phi) is 48.8. The summed E-state index contributed by atoms with van der Waals surface area (Å²) >= 11 is 0. The first-order valence-electron chi connectivity index (χ1n) is 36.8. The van der Waals surface area contributed by atoms with E-state index in [1.54, 1.807) is 0 Å². The van der Waals surface area contributed by atoms with Crippen molar-refractivity contribution in [1.29, 1.82) is 0 Å². The van der Waals surface area contributed by atoms with Crippen LogP contribution in [0.25, 0.3) is 0 Å². The average Bonchev–Trinajstić information content (AvgIpc) is 1.24. The molecule has 0 aromatic rings. The third-order valence-electron chi connectivity index (χ3n) is 18.9. The highest BCUT2D eigenvalue weighted by Crippen LogP contribution is 2.33. The summed E-state index contributed by atoms with van der Waals surface area (Å²) in [6, 6.07) is -0.881. The van der Waals surface area contributed by atoms with E-state index in [1.165, 1.54) is 231 Å². The molecular weight excluding hydrogens is 1140 g/mol. The lowest BCUT2D eigenvalue weighted by Gasteiger charge is -2.48. The molecule has 19 nitrogen and oxygen atoms in total. The lowest BCUT2D eigenvalue weighted by atomic mass is 9.96. The molecule has 0 saturated carbocycles. The number of rotatable bonds is 58. The summed E-state index contributed by atoms with van der Waals surface area (Å²) in [6.07, 6.45) is 30.7. The van der Waals surface area contributed by atoms with Gasteiger partial charge < -0.3 is 89.9 Å². The Labute approximate surface area is 538 Å². The zero-order valence-electron chi connectivity index (χ0n) is 55.9. The summed E-state index contributed by atoms with van der Waals surface area (Å²) < 4.78 is 34.4. The minimum Gasteiger partial charge on any atom is -0.394 e. The van der Waals surface area contributed by atoms with Gasteiger partial charge in [-0.05, 0) is 12.8 Å². The fourth-order valence-electron chi connectivity index (χ4n) is 13.0. The van der Waals surface area contributed by atoms with E-state index in [1.807, 2.05) is 0 Å². The number of carbonyl (C=O) groups excluding carboxylic acids is 1. The van der Waals surface area contributed by atoms with Crippen LogP contribution in [-0.4, -0.2) is 193 Å². The number of carbonyl (C=O) groups is 1. The molecule has 528 valence electrons. The van der Waals surface area contributed by atoms with Crippen LogP contribution in [0.15, 0.2) is 0 Å². The molecule has 1 amide bonds. The number of nitrogens with one attached hydrogen (secondary N) is 1. The second kappa shape index (κ2) is 53.0. The SMILES string of the molecule is CCCCCCCCCCCCCCCCCCCCCCCCCCCCCCCCCCC(O)C(COC1OC(CO)C(OC2OC(CO)C(OC3OC(CO)C(O)C(O)C3O)C(O)C2O)C(O)C1O)NC(=O)CCCCCCCCCCCCCC. The number of hydrogen-bond donors (Lipinski definition) is 12. The molecule has 3 rings (SSSR count). The zero-order valence-corrected chi connectivity index (χ0v) is 55.9. The molecule has 12 N–H and O–H groups in total. The Balaban J connectivity index is 1.34. The van der Waals surface area contributed by atoms with Crippen LogP contribution in [-0.2, 0) is 33.2 Å². The Morgan fingerprint density at radius 2 is 0.640 bits per heavy atom. The average molecular weight is 1280 g/mol. The summed E-state index contributed by atoms with van der Waals surface area (Å²) in [4.78, 5) is 13.4. The number of aliphatic hydroxyl groups excluding tert-OH is 11. The maximum atomic E-state index is 13.4. The van der Waals surface area contributed by atoms with Gasteiger partial charge in [0.2, 0.25) is 5.91 Å². The molecule has 89 heavy (non-hydrogen) atoms. The van der Waals surface area contributed by atoms with Gasteiger partial charge in [0, 0.05) is 6.42 Å². The van der Waals surface area contributed by atoms with Crippen LogP contribution in [0.1, 0.15) is 309 Å². The second-order valence-electron chi connectivity index (χ2n) is 26.8. The number of amides is 1. The van der Waals surface area contributed by atoms with Crippen molar-refractivity contribution < 1.29 is 89.4 Å². The Bertz CT molecular complexity index is 1620. The van der Waals surface area contributed by atoms with Crippen molar-refractivity contribution in [2.75, 3.05) is 26.4 Å². The zero-order chi connectivity index (χ0) is 64.7. The fraction of sp³-hybridized carbons (Fsp3) is 0.986. The van der Waals surface area contributed by atoms with Crippen molar-refractivity contribution in [2.45, 2.75) is 413 Å². The number of ether oxygens (including phenoxy) is 6. The molecular formula is C70H135NO18. The van der Waals surface area contributed by atoms with Gasteiger partial charge in [-0.2, -0.15) is 0 Å². The van der Waals surface area contributed by atoms with E-state index in [-0.39, 0.29) is 18.9 Å². The Morgan fingerprint density at radius 3 is 0.978 bits per heavy atom. The van der Waals surface area contributed by atoms with Crippen molar-refractivity contribution in [1.82, 2.24) is 5.32 Å². The lowest BCUT2D eigenvalue weighted by Crippen LogP contribution is -2.66. The minimum absolute atomic E-state index is 0.238. The smallest absolute Gasteiger partial charge is 0.220 e. The number of unbranched alkanes of at least 4 members (excludes halogenated alkanes) is 42. The summed E-state index contributed by atoms with van der Waals surface area (Å²) in [5, 5.41) is 121. The molecule has 0 aromatic carbocycles. The maximum Gasteiger partial charge on any atom is 0.220 e. The third kappa shape index (κ3) is 34.9. The predicted molar refractivity (Wildman–Crippen MR) is 347 cm³/mol. The van der Waals surface area contributed by atoms with Crippen LogP contribution >= 0.6 is 0 Å². The molecule has 3 saturated heterocycles. The largest absolute Gasteiger partial charge is 0.394 e. The van der Waals surface area contributed by atoms with E-state index in [0.29, 0.717) is 12.8 Å². The maximum absolute atomic E-state index is 13.4. The quantitative estimate of drug-likeness (QED) is 0.0252. The van der Waals surface area contributed by atoms with E-state index in [4.69, 9.17) is 28.4 Å². The van der Waals surface area contributed by atoms with Gasteiger partial charge in [0.1, 0.15) is 73.2 Å². The van der Waals surface area contributed by atoms with Crippen LogP contribution in [0.5, 0.6) is 0 Å². The first kappa shape index (κ1) is 82.0. The second-order valence-corrected chi connectivity index (χ2v) is 26.8. The van der Waals surface area contributed by atoms with Crippen LogP contribution < -0.4 is 5.32 Å². The molecule has 0 aromatic heterocycles. The molecule has 3 aliphatic heterocycles. The molecule has 0 bridgehead atoms. The van der Waals surface area contributed by atoms with Crippen molar-refractivity contribution >= 4 is 5.91 Å². The van der Waals surface area contributed by atoms with Crippen LogP contribution in [0, 0.1) is 0 Å². The summed E-state index contributed by atoms with van der Waals surface area (Å²) in [7, 11) is 0. The monoisotopic (exact) mass is 1280 g/mol. The van der Waals surface area contributed by atoms with E-state index >= 15 is 0 Å². The van der Waals surface area contributed by atoms with Gasteiger partial charge in [-0.15, -0.1) is 0 Å². The Morgan fingerprint density at radius 1 is 0.360 bits per heavy atom. The highest BCUT2D eigenvalue weighted by atomic mass is 16.8. The van der Waals surface area contributed by atoms with E-state index in [2.05, 4.69) is 19.2 Å². The summed E-state index contributed by atoms with van der Waals surface area (Å²) in [5.74, 6) is -0.238. The first-order valence-corrected chi connectivity index (χ1v) is 36.8. The summed E-state index contributed by atoms with van der Waals surface area (Å²) in [6.45, 7) is 1.83. The molecule has 0 radical (unpaired) electrons. The van der Waals surface area contributed by atoms with Gasteiger partial charge in [0.05, 0.1) is 38.6 Å². The van der Waals surface area contributed by atoms with Crippen LogP contribution in [0.3, 0.4) is 0 Å². The van der Waals surface area contributed by atoms with Crippen LogP contribution in [0.4, 0.5) is 0 Å². The van der Waals surface area contributed by atoms with Gasteiger partial charge in [-0.25, -0.2) is 0 Å². The highest BCUT2D eigenvalue weighted by Gasteiger charge is 2.53. The van der Waals surface area contributed by atoms with Gasteiger partial charge in [0.25, 0.3) is 0 Å². The van der Waals surface area contributed by atoms with E-state index in [0.717, 1.165) is 44.9 Å². The predicted octanol–water partition coefficient (Wildman–Crippen LogP) is 10.3. The molecule has 3 heterocycles. The fourth-order valence-corrected chi connectivity index (χ4v) is 13.0. The molecule has 17 unspecified atom stereocenters. The molecule has 3 aliphatic rings. The minimum atomic E-state index is -1.97. The van der Waals surface area contributed by atoms with Crippen molar-refractivity contribution in [3.63, 3.8) is 0 Å². The first-order chi connectivity index (χ1) is 43.3. The number of aliphatic hydroxyl groups is 11. The Hall–Kier alpha value is -1.21. The molecule has 17 atom stereocenters. The topological polar surface area (TPSA) is 307 Å². The molecule has 0 aliphatic carbocycles. The summed E-state index contributed by atoms with van der Waals surface area (Å²) in [5.41, 5.74) is 0. The molecule has 3 fully saturated rings. The third-order valence-corrected chi connectivity index (χ3v) is 18.9. The van der Waals surface area contributed by atoms with E-state index < -0.39 is 124 Å². The lowest BCUT2D eigenvalue weighted by molar-refractivity contribution is -0.379. The van der Waals surface area contributed by atoms with Crippen molar-refractivity contribution in [3.8, 4) is 0 Å². The van der Waals surface area contributed by atoms with Crippen LogP contribution in [0.2, 0.25) is 0 Å². The van der Waals surface area contributed by atoms with Gasteiger partial charge in [0.15, 0.2) is 18.9 Å². The highest BCUT2D eigenvalue weighted by molar-refractivity contribution is 5.76. The number of hydrogen-bond acceptors (Lipinski definition) is 18. The van der Waals surface area contributed by atoms with Gasteiger partial charge in [-0.1, -0.05) is 290 Å². The standard InChI is InChI=1S/C70H135NO18/c1-3-5-7-9-11-13-15-17-18-19-20-21-22-23-24-25-26-27-28-29-30-31-32-33-34-35-36-37-39-41-43-45-47-54(75)53(71-58(76)48-46-44-42-40-38-16-14-12-10-8-6-4-2)52-84-68-64(82)61(79)66(56(50-73)86-68)89-70-65(83)62(80)67(57(51-74)87-70)88-69-63(81)60(78)59(77)55(49-72)85-69/h53-57,59-70,72-75,77-83H,3-52H2,1-2H3,(H,71,76). The van der Waals surface area contributed by atoms with E-state index in [9.17, 15) is 61.0 Å². The molecule has 0 spiro atoms. The van der Waals surface area contributed by atoms with Crippen molar-refractivity contribution in [2.24, 2.45) is 0 Å². The molecule has 19 heteroatoms. The van der Waals surface area contributed by atoms with Gasteiger partial charge >= 0.3 is 0 Å². The van der Waals surface area contributed by atoms with Crippen molar-refractivity contribution in [3.05, 3.63) is 0 Å².